The van der Waals surface area contributed by atoms with Gasteiger partial charge >= 0.3 is 0 Å². The second-order valence-corrected chi connectivity index (χ2v) is 6.74. The van der Waals surface area contributed by atoms with Crippen molar-refractivity contribution in [2.45, 2.75) is 46.0 Å². The number of amides is 2. The summed E-state index contributed by atoms with van der Waals surface area (Å²) in [5.74, 6) is -0.280. The van der Waals surface area contributed by atoms with Crippen molar-refractivity contribution in [2.75, 3.05) is 18.4 Å². The van der Waals surface area contributed by atoms with Crippen molar-refractivity contribution < 1.29 is 9.59 Å². The van der Waals surface area contributed by atoms with Crippen molar-refractivity contribution in [3.05, 3.63) is 40.4 Å². The number of carbonyl (C=O) groups is 2. The fourth-order valence-electron chi connectivity index (χ4n) is 2.85. The molecule has 0 radical (unpaired) electrons. The van der Waals surface area contributed by atoms with Gasteiger partial charge < -0.3 is 10.2 Å². The third-order valence-corrected chi connectivity index (χ3v) is 4.58. The number of halogens is 1. The lowest BCUT2D eigenvalue weighted by Gasteiger charge is -2.22. The van der Waals surface area contributed by atoms with Crippen LogP contribution in [0.5, 0.6) is 0 Å². The quantitative estimate of drug-likeness (QED) is 0.778. The van der Waals surface area contributed by atoms with Gasteiger partial charge in [0.05, 0.1) is 6.54 Å². The lowest BCUT2D eigenvalue weighted by Crippen LogP contribution is -2.37. The molecule has 4 nitrogen and oxygen atoms in total. The lowest BCUT2D eigenvalue weighted by molar-refractivity contribution is -0.132. The molecule has 5 heteroatoms. The number of hydrogen-bond acceptors (Lipinski definition) is 2. The molecular formula is C19H25ClN2O2. The summed E-state index contributed by atoms with van der Waals surface area (Å²) in [6, 6.07) is 5.36. The molecule has 24 heavy (non-hydrogen) atoms. The SMILES string of the molecule is CC(=O)N(CCC1=CCCCC1)CC(=O)Nc1cc(Cl)ccc1C. The maximum absolute atomic E-state index is 12.3. The van der Waals surface area contributed by atoms with Crippen LogP contribution in [-0.2, 0) is 9.59 Å². The zero-order valence-electron chi connectivity index (χ0n) is 14.4. The van der Waals surface area contributed by atoms with Crippen LogP contribution < -0.4 is 5.32 Å². The topological polar surface area (TPSA) is 49.4 Å². The van der Waals surface area contributed by atoms with Crippen molar-refractivity contribution >= 4 is 29.1 Å². The molecule has 0 unspecified atom stereocenters. The number of nitrogens with one attached hydrogen (secondary N) is 1. The van der Waals surface area contributed by atoms with Crippen LogP contribution in [0.25, 0.3) is 0 Å². The normalized spacial score (nSPS) is 14.0. The number of aryl methyl sites for hydroxylation is 1. The number of nitrogens with zero attached hydrogens (tertiary/aromatic N) is 1. The Labute approximate surface area is 148 Å². The first-order chi connectivity index (χ1) is 11.5. The number of carbonyl (C=O) groups excluding carboxylic acids is 2. The zero-order chi connectivity index (χ0) is 17.5. The van der Waals surface area contributed by atoms with Gasteiger partial charge in [0.1, 0.15) is 0 Å². The Morgan fingerprint density at radius 2 is 2.08 bits per heavy atom. The molecule has 0 bridgehead atoms. The van der Waals surface area contributed by atoms with E-state index in [9.17, 15) is 9.59 Å². The number of benzene rings is 1. The van der Waals surface area contributed by atoms with E-state index in [1.807, 2.05) is 13.0 Å². The summed E-state index contributed by atoms with van der Waals surface area (Å²) in [6.07, 6.45) is 7.84. The minimum atomic E-state index is -0.201. The summed E-state index contributed by atoms with van der Waals surface area (Å²) >= 11 is 5.97. The number of hydrogen-bond donors (Lipinski definition) is 1. The first kappa shape index (κ1) is 18.5. The predicted molar refractivity (Wildman–Crippen MR) is 98.2 cm³/mol. The second kappa shape index (κ2) is 8.88. The third-order valence-electron chi connectivity index (χ3n) is 4.34. The predicted octanol–water partition coefficient (Wildman–Crippen LogP) is 4.33. The second-order valence-electron chi connectivity index (χ2n) is 6.31. The molecule has 1 aromatic carbocycles. The zero-order valence-corrected chi connectivity index (χ0v) is 15.2. The molecule has 2 amide bonds. The Hall–Kier alpha value is -1.81. The Morgan fingerprint density at radius 1 is 1.29 bits per heavy atom. The van der Waals surface area contributed by atoms with E-state index in [2.05, 4.69) is 11.4 Å². The van der Waals surface area contributed by atoms with E-state index in [-0.39, 0.29) is 18.4 Å². The van der Waals surface area contributed by atoms with E-state index in [0.717, 1.165) is 24.8 Å². The molecule has 130 valence electrons. The van der Waals surface area contributed by atoms with E-state index >= 15 is 0 Å². The first-order valence-corrected chi connectivity index (χ1v) is 8.83. The van der Waals surface area contributed by atoms with E-state index in [1.54, 1.807) is 17.0 Å². The van der Waals surface area contributed by atoms with Gasteiger partial charge in [-0.15, -0.1) is 0 Å². The Kier molecular flexibility index (Phi) is 6.85. The molecule has 0 saturated heterocycles. The molecule has 0 aromatic heterocycles. The summed E-state index contributed by atoms with van der Waals surface area (Å²) in [6.45, 7) is 4.06. The number of rotatable bonds is 6. The molecule has 0 aliphatic heterocycles. The highest BCUT2D eigenvalue weighted by atomic mass is 35.5. The van der Waals surface area contributed by atoms with Gasteiger partial charge in [-0.2, -0.15) is 0 Å². The first-order valence-electron chi connectivity index (χ1n) is 8.45. The Morgan fingerprint density at radius 3 is 2.75 bits per heavy atom. The molecule has 0 saturated carbocycles. The van der Waals surface area contributed by atoms with Gasteiger partial charge in [0.2, 0.25) is 11.8 Å². The maximum atomic E-state index is 12.3. The molecule has 1 N–H and O–H groups in total. The molecule has 0 spiro atoms. The summed E-state index contributed by atoms with van der Waals surface area (Å²) in [5.41, 5.74) is 3.03. The van der Waals surface area contributed by atoms with E-state index in [1.165, 1.54) is 25.3 Å². The van der Waals surface area contributed by atoms with E-state index < -0.39 is 0 Å². The van der Waals surface area contributed by atoms with Crippen LogP contribution in [0.4, 0.5) is 5.69 Å². The molecular weight excluding hydrogens is 324 g/mol. The van der Waals surface area contributed by atoms with E-state index in [0.29, 0.717) is 17.3 Å². The molecule has 0 atom stereocenters. The monoisotopic (exact) mass is 348 g/mol. The minimum absolute atomic E-state index is 0.0641. The van der Waals surface area contributed by atoms with Crippen molar-refractivity contribution in [1.29, 1.82) is 0 Å². The van der Waals surface area contributed by atoms with Crippen LogP contribution in [0, 0.1) is 6.92 Å². The van der Waals surface area contributed by atoms with Gasteiger partial charge in [0.25, 0.3) is 0 Å². The van der Waals surface area contributed by atoms with Crippen molar-refractivity contribution in [3.63, 3.8) is 0 Å². The molecule has 0 heterocycles. The molecule has 1 aliphatic rings. The fraction of sp³-hybridized carbons (Fsp3) is 0.474. The van der Waals surface area contributed by atoms with Crippen LogP contribution in [0.15, 0.2) is 29.8 Å². The summed E-state index contributed by atoms with van der Waals surface area (Å²) in [7, 11) is 0. The third kappa shape index (κ3) is 5.68. The fourth-order valence-corrected chi connectivity index (χ4v) is 3.02. The van der Waals surface area contributed by atoms with Crippen LogP contribution >= 0.6 is 11.6 Å². The van der Waals surface area contributed by atoms with Crippen molar-refractivity contribution in [2.24, 2.45) is 0 Å². The average Bonchev–Trinajstić information content (AvgIpc) is 2.55. The Bertz CT molecular complexity index is 640. The van der Waals surface area contributed by atoms with Gasteiger partial charge in [0.15, 0.2) is 0 Å². The standard InChI is InChI=1S/C19H25ClN2O2/c1-14-8-9-17(20)12-18(14)21-19(24)13-22(15(2)23)11-10-16-6-4-3-5-7-16/h6,8-9,12H,3-5,7,10-11,13H2,1-2H3,(H,21,24). The molecule has 0 fully saturated rings. The highest BCUT2D eigenvalue weighted by Gasteiger charge is 2.15. The van der Waals surface area contributed by atoms with Gasteiger partial charge in [-0.25, -0.2) is 0 Å². The van der Waals surface area contributed by atoms with Crippen LogP contribution in [0.3, 0.4) is 0 Å². The van der Waals surface area contributed by atoms with E-state index in [4.69, 9.17) is 11.6 Å². The highest BCUT2D eigenvalue weighted by molar-refractivity contribution is 6.31. The van der Waals surface area contributed by atoms with Crippen LogP contribution in [0.2, 0.25) is 5.02 Å². The summed E-state index contributed by atoms with van der Waals surface area (Å²) in [4.78, 5) is 25.7. The highest BCUT2D eigenvalue weighted by Crippen LogP contribution is 2.21. The largest absolute Gasteiger partial charge is 0.333 e. The summed E-state index contributed by atoms with van der Waals surface area (Å²) < 4.78 is 0. The van der Waals surface area contributed by atoms with Gasteiger partial charge in [0, 0.05) is 24.2 Å². The van der Waals surface area contributed by atoms with Gasteiger partial charge in [-0.1, -0.05) is 29.3 Å². The molecule has 1 aliphatic carbocycles. The van der Waals surface area contributed by atoms with Gasteiger partial charge in [-0.05, 0) is 56.7 Å². The maximum Gasteiger partial charge on any atom is 0.244 e. The molecule has 2 rings (SSSR count). The summed E-state index contributed by atoms with van der Waals surface area (Å²) in [5, 5.41) is 3.42. The number of anilines is 1. The minimum Gasteiger partial charge on any atom is -0.333 e. The van der Waals surface area contributed by atoms with Crippen LogP contribution in [0.1, 0.15) is 44.6 Å². The van der Waals surface area contributed by atoms with Crippen molar-refractivity contribution in [1.82, 2.24) is 4.90 Å². The lowest BCUT2D eigenvalue weighted by atomic mass is 9.97. The van der Waals surface area contributed by atoms with Crippen LogP contribution in [-0.4, -0.2) is 29.8 Å². The average molecular weight is 349 g/mol. The number of allylic oxidation sites excluding steroid dienone is 1. The van der Waals surface area contributed by atoms with Crippen molar-refractivity contribution in [3.8, 4) is 0 Å². The molecule has 1 aromatic rings. The van der Waals surface area contributed by atoms with Gasteiger partial charge in [-0.3, -0.25) is 9.59 Å². The Balaban J connectivity index is 1.91. The smallest absolute Gasteiger partial charge is 0.244 e.